The summed E-state index contributed by atoms with van der Waals surface area (Å²) in [6.07, 6.45) is 5.38. The summed E-state index contributed by atoms with van der Waals surface area (Å²) in [6.45, 7) is 2.94. The molecule has 288 valence electrons. The van der Waals surface area contributed by atoms with Crippen molar-refractivity contribution in [2.75, 3.05) is 12.7 Å². The highest BCUT2D eigenvalue weighted by molar-refractivity contribution is 7.56. The van der Waals surface area contributed by atoms with E-state index >= 15 is 0 Å². The predicted molar refractivity (Wildman–Crippen MR) is 258 cm³/mol. The largest absolute Gasteiger partial charge is 0.330 e. The lowest BCUT2D eigenvalue weighted by Crippen LogP contribution is -2.24. The summed E-state index contributed by atoms with van der Waals surface area (Å²) in [5.41, 5.74) is 29.0. The zero-order chi connectivity index (χ0) is 39.6. The van der Waals surface area contributed by atoms with E-state index in [2.05, 4.69) is 171 Å². The van der Waals surface area contributed by atoms with Crippen molar-refractivity contribution >= 4 is 58.9 Å². The van der Waals surface area contributed by atoms with Gasteiger partial charge in [0.2, 0.25) is 0 Å². The first kappa shape index (κ1) is 36.8. The maximum atomic E-state index is 6.92. The third-order valence-corrected chi connectivity index (χ3v) is 18.6. The van der Waals surface area contributed by atoms with Gasteiger partial charge < -0.3 is 11.5 Å². The number of hydrogen-bond acceptors (Lipinski definition) is 2. The smallest absolute Gasteiger partial charge is 0.0197 e. The maximum absolute atomic E-state index is 6.92. The van der Waals surface area contributed by atoms with Crippen molar-refractivity contribution in [3.63, 3.8) is 0 Å². The van der Waals surface area contributed by atoms with Gasteiger partial charge in [-0.2, -0.15) is 0 Å². The molecule has 0 bridgehead atoms. The van der Waals surface area contributed by atoms with E-state index in [4.69, 9.17) is 11.5 Å². The molecule has 0 aromatic heterocycles. The molecule has 9 aromatic rings. The number of rotatable bonds is 6. The Hall–Kier alpha value is -5.20. The summed E-state index contributed by atoms with van der Waals surface area (Å²) >= 11 is 0. The Balaban J connectivity index is 1.12. The molecule has 9 aromatic carbocycles. The van der Waals surface area contributed by atoms with Gasteiger partial charge in [-0.25, -0.2) is 0 Å². The maximum Gasteiger partial charge on any atom is 0.0197 e. The highest BCUT2D eigenvalue weighted by Gasteiger charge is 2.32. The average Bonchev–Trinajstić information content (AvgIpc) is 3.54. The molecule has 0 saturated carbocycles. The van der Waals surface area contributed by atoms with E-state index in [1.807, 2.05) is 0 Å². The molecule has 2 aliphatic heterocycles. The summed E-state index contributed by atoms with van der Waals surface area (Å²) in [5.74, 6) is 0. The quantitative estimate of drug-likeness (QED) is 0.165. The number of hydrogen-bond donors (Lipinski definition) is 2. The van der Waals surface area contributed by atoms with Gasteiger partial charge in [-0.05, 0) is 161 Å². The van der Waals surface area contributed by atoms with Crippen LogP contribution in [0.15, 0.2) is 164 Å². The highest BCUT2D eigenvalue weighted by atomic mass is 31.1. The SMILES string of the molecule is C[C@H](N)[C@H](c1ccccc1)P1Cc2ccc3ccccc3c2-c2c(ccc3cc(-c4cc5c(c6ccccc46)-c4c(ccc6ccccc46)CP(CCN)C5)ccc23)C1. The number of nitrogens with two attached hydrogens (primary N) is 2. The van der Waals surface area contributed by atoms with Crippen LogP contribution in [-0.2, 0) is 24.6 Å². The molecule has 0 fully saturated rings. The highest BCUT2D eigenvalue weighted by Crippen LogP contribution is 2.62. The summed E-state index contributed by atoms with van der Waals surface area (Å²) < 4.78 is 0. The Labute approximate surface area is 349 Å². The van der Waals surface area contributed by atoms with Crippen molar-refractivity contribution in [1.29, 1.82) is 0 Å². The van der Waals surface area contributed by atoms with Gasteiger partial charge in [-0.3, -0.25) is 0 Å². The third-order valence-electron chi connectivity index (χ3n) is 13.1. The van der Waals surface area contributed by atoms with Crippen LogP contribution in [-0.4, -0.2) is 18.7 Å². The molecule has 0 saturated heterocycles. The molecule has 4 heteroatoms. The fourth-order valence-electron chi connectivity index (χ4n) is 10.6. The minimum Gasteiger partial charge on any atom is -0.330 e. The lowest BCUT2D eigenvalue weighted by molar-refractivity contribution is 0.709. The summed E-state index contributed by atoms with van der Waals surface area (Å²) in [5, 5.41) is 10.6. The Morgan fingerprint density at radius 3 is 1.61 bits per heavy atom. The van der Waals surface area contributed by atoms with Gasteiger partial charge in [0.1, 0.15) is 0 Å². The number of benzene rings is 9. The van der Waals surface area contributed by atoms with Crippen molar-refractivity contribution in [3.05, 3.63) is 192 Å². The zero-order valence-electron chi connectivity index (χ0n) is 33.5. The lowest BCUT2D eigenvalue weighted by Gasteiger charge is -2.31. The molecule has 2 heterocycles. The minimum absolute atomic E-state index is 0.0618. The second-order valence-electron chi connectivity index (χ2n) is 16.8. The zero-order valence-corrected chi connectivity index (χ0v) is 35.3. The number of fused-ring (bicyclic) bond motifs is 14. The van der Waals surface area contributed by atoms with E-state index < -0.39 is 7.92 Å². The Kier molecular flexibility index (Phi) is 9.44. The molecule has 4 N–H and O–H groups in total. The van der Waals surface area contributed by atoms with Gasteiger partial charge in [0, 0.05) is 11.7 Å². The van der Waals surface area contributed by atoms with Gasteiger partial charge in [0.15, 0.2) is 0 Å². The molecule has 0 spiro atoms. The van der Waals surface area contributed by atoms with E-state index in [0.29, 0.717) is 5.66 Å². The van der Waals surface area contributed by atoms with Crippen molar-refractivity contribution in [2.45, 2.75) is 43.3 Å². The van der Waals surface area contributed by atoms with Gasteiger partial charge in [0.25, 0.3) is 0 Å². The van der Waals surface area contributed by atoms with Crippen LogP contribution in [0.5, 0.6) is 0 Å². The van der Waals surface area contributed by atoms with E-state index in [-0.39, 0.29) is 14.0 Å². The second kappa shape index (κ2) is 15.1. The monoisotopic (exact) mass is 798 g/mol. The molecule has 0 amide bonds. The third kappa shape index (κ3) is 6.32. The van der Waals surface area contributed by atoms with Crippen molar-refractivity contribution in [3.8, 4) is 33.4 Å². The van der Waals surface area contributed by atoms with E-state index in [9.17, 15) is 0 Å². The lowest BCUT2D eigenvalue weighted by atomic mass is 9.84. The Morgan fingerprint density at radius 1 is 0.475 bits per heavy atom. The molecule has 2 nitrogen and oxygen atoms in total. The summed E-state index contributed by atoms with van der Waals surface area (Å²) in [6, 6.07) is 62.4. The molecule has 2 aliphatic rings. The fourth-order valence-corrected chi connectivity index (χ4v) is 16.1. The van der Waals surface area contributed by atoms with Crippen LogP contribution < -0.4 is 11.5 Å². The first-order valence-electron chi connectivity index (χ1n) is 21.1. The molecular formula is C55H48N2P2. The molecule has 4 atom stereocenters. The molecule has 0 radical (unpaired) electrons. The van der Waals surface area contributed by atoms with Crippen LogP contribution in [0.2, 0.25) is 0 Å². The van der Waals surface area contributed by atoms with Gasteiger partial charge in [0.05, 0.1) is 0 Å². The summed E-state index contributed by atoms with van der Waals surface area (Å²) in [4.78, 5) is 0. The van der Waals surface area contributed by atoms with Crippen LogP contribution in [0.1, 0.15) is 40.4 Å². The Morgan fingerprint density at radius 2 is 0.983 bits per heavy atom. The normalized spacial score (nSPS) is 17.1. The fraction of sp³-hybridized carbons (Fsp3) is 0.164. The molecule has 59 heavy (non-hydrogen) atoms. The molecular weight excluding hydrogens is 751 g/mol. The average molecular weight is 799 g/mol. The Bertz CT molecular complexity index is 3080. The van der Waals surface area contributed by atoms with Gasteiger partial charge >= 0.3 is 0 Å². The standard InChI is InChI=1S/C55H48N2P2/c1-35(57)55(38-13-3-2-4-14-38)59-33-42-23-20-37-12-6-8-16-46(37)52(42)53-43(34-59)24-21-39-29-40(25-26-47(39)53)50-30-44-32-58(28-27-56)31-41-22-19-36-11-5-7-15-45(36)51(41)54(44)49-18-10-9-17-48(49)50/h2-26,29-30,35,55H,27-28,31-34,56-57H2,1H3/t35-,55+,58?,59?/m0/s1. The van der Waals surface area contributed by atoms with Crippen LogP contribution in [0, 0.1) is 0 Å². The minimum atomic E-state index is -0.499. The predicted octanol–water partition coefficient (Wildman–Crippen LogP) is 14.3. The summed E-state index contributed by atoms with van der Waals surface area (Å²) in [7, 11) is -0.798. The first-order valence-corrected chi connectivity index (χ1v) is 24.8. The van der Waals surface area contributed by atoms with Crippen molar-refractivity contribution in [1.82, 2.24) is 0 Å². The van der Waals surface area contributed by atoms with E-state index in [1.54, 1.807) is 0 Å². The van der Waals surface area contributed by atoms with Crippen molar-refractivity contribution < 1.29 is 0 Å². The molecule has 11 rings (SSSR count). The second-order valence-corrected chi connectivity index (χ2v) is 21.6. The molecule has 0 aliphatic carbocycles. The molecule has 2 unspecified atom stereocenters. The van der Waals surface area contributed by atoms with Gasteiger partial charge in [-0.15, -0.1) is 0 Å². The topological polar surface area (TPSA) is 52.0 Å². The van der Waals surface area contributed by atoms with Crippen molar-refractivity contribution in [2.24, 2.45) is 11.5 Å². The van der Waals surface area contributed by atoms with Crippen LogP contribution >= 0.6 is 15.8 Å². The van der Waals surface area contributed by atoms with Crippen LogP contribution in [0.3, 0.4) is 0 Å². The van der Waals surface area contributed by atoms with E-state index in [0.717, 1.165) is 37.4 Å². The van der Waals surface area contributed by atoms with Gasteiger partial charge in [-0.1, -0.05) is 168 Å². The van der Waals surface area contributed by atoms with Crippen LogP contribution in [0.25, 0.3) is 76.5 Å². The van der Waals surface area contributed by atoms with Crippen LogP contribution in [0.4, 0.5) is 0 Å². The van der Waals surface area contributed by atoms with E-state index in [1.165, 1.54) is 104 Å². The first-order chi connectivity index (χ1) is 29.0.